The number of fused-ring (bicyclic) bond motifs is 4. The number of aromatic nitrogens is 3. The van der Waals surface area contributed by atoms with Crippen LogP contribution in [0.2, 0.25) is 5.02 Å². The van der Waals surface area contributed by atoms with Gasteiger partial charge in [0.25, 0.3) is 0 Å². The first kappa shape index (κ1) is 31.8. The average Bonchev–Trinajstić information content (AvgIpc) is 3.72. The Hall–Kier alpha value is -4.77. The molecule has 11 heteroatoms. The lowest BCUT2D eigenvalue weighted by atomic mass is 9.93. The summed E-state index contributed by atoms with van der Waals surface area (Å²) in [7, 11) is 2.08. The van der Waals surface area contributed by atoms with Crippen LogP contribution in [0, 0.1) is 28.5 Å². The van der Waals surface area contributed by atoms with E-state index in [1.54, 1.807) is 35.4 Å². The Labute approximate surface area is 283 Å². The predicted molar refractivity (Wildman–Crippen MR) is 183 cm³/mol. The van der Waals surface area contributed by atoms with Gasteiger partial charge in [0.2, 0.25) is 11.8 Å². The van der Waals surface area contributed by atoms with Gasteiger partial charge in [-0.1, -0.05) is 41.9 Å². The van der Waals surface area contributed by atoms with Gasteiger partial charge in [-0.25, -0.2) is 9.37 Å². The van der Waals surface area contributed by atoms with Crippen molar-refractivity contribution in [3.63, 3.8) is 0 Å². The van der Waals surface area contributed by atoms with Crippen LogP contribution < -0.4 is 4.74 Å². The summed E-state index contributed by atoms with van der Waals surface area (Å²) in [4.78, 5) is 21.2. The monoisotopic (exact) mass is 663 g/mol. The Kier molecular flexibility index (Phi) is 8.41. The predicted octanol–water partition coefficient (Wildman–Crippen LogP) is 7.40. The number of nitrogens with zero attached hydrogens (tertiary/aromatic N) is 7. The molecule has 3 aromatic carbocycles. The van der Waals surface area contributed by atoms with Crippen LogP contribution in [-0.4, -0.2) is 68.8 Å². The molecule has 0 radical (unpaired) electrons. The summed E-state index contributed by atoms with van der Waals surface area (Å²) in [5.41, 5.74) is 1.81. The van der Waals surface area contributed by atoms with E-state index in [0.29, 0.717) is 52.2 Å². The molecule has 0 saturated carbocycles. The number of amides is 1. The lowest BCUT2D eigenvalue weighted by Crippen LogP contribution is -2.45. The number of carbonyl (C=O) groups is 1. The zero-order valence-corrected chi connectivity index (χ0v) is 27.8. The van der Waals surface area contributed by atoms with Crippen molar-refractivity contribution in [3.8, 4) is 29.1 Å². The van der Waals surface area contributed by atoms with Gasteiger partial charge < -0.3 is 9.64 Å². The first-order valence-corrected chi connectivity index (χ1v) is 16.7. The SMILES string of the molecule is CC(=O)N1CC[C@H](n2ncc3c(OC(C)[C@@H]4CCCN4C)nc4c(F)c(-c5cccc6cccc(C#N)c56)c(Cl)cc4c32)C[C@H]1CC#N. The normalized spacial score (nSPS) is 20.6. The van der Waals surface area contributed by atoms with Crippen molar-refractivity contribution in [1.29, 1.82) is 10.5 Å². The molecule has 0 bridgehead atoms. The van der Waals surface area contributed by atoms with Gasteiger partial charge in [-0.05, 0) is 69.3 Å². The van der Waals surface area contributed by atoms with E-state index < -0.39 is 5.82 Å². The molecule has 2 aliphatic rings. The summed E-state index contributed by atoms with van der Waals surface area (Å²) >= 11 is 6.99. The summed E-state index contributed by atoms with van der Waals surface area (Å²) in [6.07, 6.45) is 4.89. The first-order valence-electron chi connectivity index (χ1n) is 16.3. The number of halogens is 2. The summed E-state index contributed by atoms with van der Waals surface area (Å²) < 4.78 is 25.6. The maximum Gasteiger partial charge on any atom is 0.225 e. The molecule has 4 heterocycles. The van der Waals surface area contributed by atoms with Crippen LogP contribution in [0.25, 0.3) is 43.7 Å². The maximum absolute atomic E-state index is 17.2. The second-order valence-electron chi connectivity index (χ2n) is 13.0. The van der Waals surface area contributed by atoms with Crippen molar-refractivity contribution in [3.05, 3.63) is 65.1 Å². The zero-order chi connectivity index (χ0) is 33.7. The molecule has 0 N–H and O–H groups in total. The van der Waals surface area contributed by atoms with E-state index in [-0.39, 0.29) is 58.5 Å². The smallest absolute Gasteiger partial charge is 0.225 e. The summed E-state index contributed by atoms with van der Waals surface area (Å²) in [6, 6.07) is 16.8. The number of likely N-dealkylation sites (tertiary alicyclic amines) is 2. The molecule has 4 atom stereocenters. The van der Waals surface area contributed by atoms with Crippen molar-refractivity contribution < 1.29 is 13.9 Å². The van der Waals surface area contributed by atoms with Gasteiger partial charge in [-0.15, -0.1) is 0 Å². The van der Waals surface area contributed by atoms with E-state index in [2.05, 4.69) is 24.1 Å². The second-order valence-corrected chi connectivity index (χ2v) is 13.4. The Morgan fingerprint density at radius 1 is 1.17 bits per heavy atom. The van der Waals surface area contributed by atoms with Crippen LogP contribution in [-0.2, 0) is 4.79 Å². The highest BCUT2D eigenvalue weighted by Gasteiger charge is 2.34. The number of pyridine rings is 1. The van der Waals surface area contributed by atoms with E-state index in [0.717, 1.165) is 24.8 Å². The number of likely N-dealkylation sites (N-methyl/N-ethyl adjacent to an activating group) is 1. The van der Waals surface area contributed by atoms with Gasteiger partial charge in [0.15, 0.2) is 5.82 Å². The highest BCUT2D eigenvalue weighted by Crippen LogP contribution is 2.44. The number of rotatable bonds is 6. The molecule has 2 aromatic heterocycles. The Morgan fingerprint density at radius 2 is 1.96 bits per heavy atom. The molecule has 7 rings (SSSR count). The molecule has 244 valence electrons. The molecule has 48 heavy (non-hydrogen) atoms. The first-order chi connectivity index (χ1) is 23.2. The number of piperidine rings is 1. The highest BCUT2D eigenvalue weighted by atomic mass is 35.5. The third kappa shape index (κ3) is 5.30. The lowest BCUT2D eigenvalue weighted by molar-refractivity contribution is -0.132. The number of hydrogen-bond acceptors (Lipinski definition) is 7. The molecule has 2 fully saturated rings. The van der Waals surface area contributed by atoms with Crippen LogP contribution in [0.15, 0.2) is 48.7 Å². The quantitative estimate of drug-likeness (QED) is 0.186. The maximum atomic E-state index is 17.2. The number of ether oxygens (including phenoxy) is 1. The molecule has 0 aliphatic carbocycles. The van der Waals surface area contributed by atoms with E-state index in [4.69, 9.17) is 26.4 Å². The molecule has 0 spiro atoms. The number of hydrogen-bond donors (Lipinski definition) is 0. The number of nitriles is 2. The fraction of sp³-hybridized carbons (Fsp3) is 0.378. The minimum Gasteiger partial charge on any atom is -0.472 e. The largest absolute Gasteiger partial charge is 0.472 e. The molecular formula is C37H35ClFN7O2. The van der Waals surface area contributed by atoms with Crippen molar-refractivity contribution >= 4 is 50.1 Å². The van der Waals surface area contributed by atoms with Crippen molar-refractivity contribution in [2.45, 2.75) is 70.2 Å². The summed E-state index contributed by atoms with van der Waals surface area (Å²) in [5.74, 6) is -0.393. The Morgan fingerprint density at radius 3 is 2.67 bits per heavy atom. The summed E-state index contributed by atoms with van der Waals surface area (Å²) in [5, 5.41) is 27.0. The zero-order valence-electron chi connectivity index (χ0n) is 27.1. The van der Waals surface area contributed by atoms with Crippen molar-refractivity contribution in [2.24, 2.45) is 0 Å². The van der Waals surface area contributed by atoms with Crippen LogP contribution >= 0.6 is 11.6 Å². The van der Waals surface area contributed by atoms with Gasteiger partial charge in [-0.2, -0.15) is 15.6 Å². The van der Waals surface area contributed by atoms with E-state index in [1.807, 2.05) is 29.8 Å². The second kappa shape index (κ2) is 12.7. The van der Waals surface area contributed by atoms with Crippen molar-refractivity contribution in [2.75, 3.05) is 20.1 Å². The Balaban J connectivity index is 1.45. The highest BCUT2D eigenvalue weighted by molar-refractivity contribution is 6.35. The van der Waals surface area contributed by atoms with Gasteiger partial charge in [0.05, 0.1) is 52.3 Å². The Bertz CT molecular complexity index is 2160. The van der Waals surface area contributed by atoms with Gasteiger partial charge in [0.1, 0.15) is 11.6 Å². The molecule has 1 unspecified atom stereocenters. The minimum atomic E-state index is -0.614. The van der Waals surface area contributed by atoms with Crippen LogP contribution in [0.4, 0.5) is 4.39 Å². The van der Waals surface area contributed by atoms with Crippen LogP contribution in [0.5, 0.6) is 5.88 Å². The third-order valence-electron chi connectivity index (χ3n) is 10.2. The third-order valence-corrected chi connectivity index (χ3v) is 10.5. The van der Waals surface area contributed by atoms with Crippen LogP contribution in [0.3, 0.4) is 0 Å². The molecule has 1 amide bonds. The van der Waals surface area contributed by atoms with Gasteiger partial charge in [0, 0.05) is 41.9 Å². The fourth-order valence-electron chi connectivity index (χ4n) is 7.85. The number of benzene rings is 3. The average molecular weight is 664 g/mol. The van der Waals surface area contributed by atoms with Gasteiger partial charge >= 0.3 is 0 Å². The lowest BCUT2D eigenvalue weighted by Gasteiger charge is -2.38. The molecule has 5 aromatic rings. The van der Waals surface area contributed by atoms with Crippen LogP contribution in [0.1, 0.15) is 57.6 Å². The minimum absolute atomic E-state index is 0.0652. The fourth-order valence-corrected chi connectivity index (χ4v) is 8.15. The van der Waals surface area contributed by atoms with Crippen molar-refractivity contribution in [1.82, 2.24) is 24.6 Å². The molecule has 2 saturated heterocycles. The van der Waals surface area contributed by atoms with E-state index >= 15 is 4.39 Å². The standard InChI is InChI=1S/C37H35ClFN7O2/c1-21(31-11-6-15-44(31)3)48-37-29-20-42-46(26-13-16-45(22(2)47)25(17-26)12-14-40)36(29)28-18-30(38)33(34(39)35(28)43-37)27-10-5-8-23-7-4-9-24(19-41)32(23)27/h4-5,7-10,18,20-21,25-26,31H,6,11-13,15-17H2,1-3H3/t21?,25-,26+,31+/m1/s1. The van der Waals surface area contributed by atoms with Gasteiger partial charge in [-0.3, -0.25) is 14.4 Å². The number of carbonyl (C=O) groups excluding carboxylic acids is 1. The van der Waals surface area contributed by atoms with E-state index in [1.165, 1.54) is 6.92 Å². The summed E-state index contributed by atoms with van der Waals surface area (Å²) in [6.45, 7) is 5.00. The molecular weight excluding hydrogens is 629 g/mol. The molecule has 2 aliphatic heterocycles. The molecule has 9 nitrogen and oxygen atoms in total. The van der Waals surface area contributed by atoms with E-state index in [9.17, 15) is 15.3 Å². The topological polar surface area (TPSA) is 111 Å².